The van der Waals surface area contributed by atoms with Crippen LogP contribution >= 0.6 is 0 Å². The molecule has 0 radical (unpaired) electrons. The minimum atomic E-state index is -1.02. The third-order valence-corrected chi connectivity index (χ3v) is 8.80. The number of methoxy groups -OCH3 is 2. The smallest absolute Gasteiger partial charge is 0.245 e. The topological polar surface area (TPSA) is 48.0 Å². The first kappa shape index (κ1) is 24.5. The third-order valence-electron chi connectivity index (χ3n) is 8.80. The zero-order valence-electron chi connectivity index (χ0n) is 23.2. The molecule has 42 heavy (non-hydrogen) atoms. The van der Waals surface area contributed by atoms with Gasteiger partial charge in [-0.15, -0.1) is 0 Å². The molecule has 6 aromatic rings. The Labute approximate surface area is 243 Å². The summed E-state index contributed by atoms with van der Waals surface area (Å²) in [7, 11) is 3.25. The molecule has 0 saturated carbocycles. The molecule has 1 amide bonds. The first-order chi connectivity index (χ1) is 20.7. The van der Waals surface area contributed by atoms with Crippen molar-refractivity contribution in [3.63, 3.8) is 0 Å². The Morgan fingerprint density at radius 3 is 1.83 bits per heavy atom. The molecule has 1 saturated heterocycles. The van der Waals surface area contributed by atoms with Crippen molar-refractivity contribution in [3.05, 3.63) is 138 Å². The van der Waals surface area contributed by atoms with E-state index in [0.717, 1.165) is 38.2 Å². The highest BCUT2D eigenvalue weighted by Gasteiger charge is 2.67. The minimum Gasteiger partial charge on any atom is -0.497 e. The number of carbonyl (C=O) groups is 1. The van der Waals surface area contributed by atoms with E-state index in [2.05, 4.69) is 54.6 Å². The zero-order valence-corrected chi connectivity index (χ0v) is 23.2. The van der Waals surface area contributed by atoms with E-state index in [9.17, 15) is 0 Å². The summed E-state index contributed by atoms with van der Waals surface area (Å²) in [4.78, 5) is 17.0. The van der Waals surface area contributed by atoms with Gasteiger partial charge >= 0.3 is 0 Å². The fourth-order valence-corrected chi connectivity index (χ4v) is 7.02. The second-order valence-corrected chi connectivity index (χ2v) is 10.8. The Morgan fingerprint density at radius 2 is 1.24 bits per heavy atom. The molecule has 0 bridgehead atoms. The highest BCUT2D eigenvalue weighted by Crippen LogP contribution is 2.65. The van der Waals surface area contributed by atoms with E-state index in [-0.39, 0.29) is 5.91 Å². The van der Waals surface area contributed by atoms with Gasteiger partial charge in [0.05, 0.1) is 25.9 Å². The minimum absolute atomic E-state index is 0.0313. The van der Waals surface area contributed by atoms with Crippen LogP contribution in [0.3, 0.4) is 0 Å². The number of carbonyl (C=O) groups excluding carboxylic acids is 1. The fraction of sp³-hybridized carbons (Fsp3) is 0.108. The van der Waals surface area contributed by atoms with Gasteiger partial charge in [-0.1, -0.05) is 84.9 Å². The molecule has 0 unspecified atom stereocenters. The molecule has 5 nitrogen and oxygen atoms in total. The van der Waals surface area contributed by atoms with Crippen LogP contribution in [0.5, 0.6) is 23.0 Å². The second-order valence-electron chi connectivity index (χ2n) is 10.8. The zero-order chi connectivity index (χ0) is 28.4. The molecule has 8 rings (SSSR count). The summed E-state index contributed by atoms with van der Waals surface area (Å²) < 4.78 is 17.8. The maximum absolute atomic E-state index is 15.1. The number of hydrogen-bond acceptors (Lipinski definition) is 4. The van der Waals surface area contributed by atoms with E-state index < -0.39 is 11.5 Å². The maximum atomic E-state index is 15.1. The molecule has 2 heterocycles. The first-order valence-corrected chi connectivity index (χ1v) is 14.0. The van der Waals surface area contributed by atoms with Gasteiger partial charge in [0.15, 0.2) is 0 Å². The van der Waals surface area contributed by atoms with Crippen molar-refractivity contribution in [1.82, 2.24) is 0 Å². The van der Waals surface area contributed by atoms with Crippen molar-refractivity contribution >= 4 is 33.1 Å². The SMILES string of the molecule is COc1ccc(N2C(=O)C3(c4ccccc4Oc4ccccc43)[C@@H]2c2c3ccccc3cc3ccccc23)c(OC)c1. The first-order valence-electron chi connectivity index (χ1n) is 14.0. The molecular weight excluding hydrogens is 522 g/mol. The summed E-state index contributed by atoms with van der Waals surface area (Å²) in [5.74, 6) is 2.59. The fourth-order valence-electron chi connectivity index (χ4n) is 7.02. The van der Waals surface area contributed by atoms with Gasteiger partial charge in [-0.05, 0) is 57.4 Å². The lowest BCUT2D eigenvalue weighted by atomic mass is 9.57. The van der Waals surface area contributed by atoms with Crippen molar-refractivity contribution in [3.8, 4) is 23.0 Å². The standard InChI is InChI=1S/C37H27NO4/c1-40-25-19-20-30(33(22-25)41-2)38-35(34-26-13-5-3-11-23(26)21-24-12-4-6-14-27(24)34)37(36(38)39)28-15-7-9-17-31(28)42-32-18-10-8-16-29(32)37/h3-22,35H,1-2H3/t35-/m0/s1. The van der Waals surface area contributed by atoms with Crippen LogP contribution in [-0.4, -0.2) is 20.1 Å². The van der Waals surface area contributed by atoms with Gasteiger partial charge in [-0.2, -0.15) is 0 Å². The Balaban J connectivity index is 1.52. The van der Waals surface area contributed by atoms with Crippen LogP contribution in [0.15, 0.2) is 121 Å². The van der Waals surface area contributed by atoms with E-state index in [1.165, 1.54) is 0 Å². The number of benzene rings is 6. The number of hydrogen-bond donors (Lipinski definition) is 0. The van der Waals surface area contributed by atoms with Gasteiger partial charge in [0, 0.05) is 17.2 Å². The number of rotatable bonds is 4. The van der Waals surface area contributed by atoms with Crippen molar-refractivity contribution in [1.29, 1.82) is 0 Å². The average molecular weight is 550 g/mol. The number of nitrogens with zero attached hydrogens (tertiary/aromatic N) is 1. The molecule has 204 valence electrons. The van der Waals surface area contributed by atoms with E-state index >= 15 is 4.79 Å². The van der Waals surface area contributed by atoms with E-state index in [0.29, 0.717) is 28.7 Å². The van der Waals surface area contributed by atoms with Crippen LogP contribution in [-0.2, 0) is 10.2 Å². The number of β-lactam (4-membered cyclic amide) rings is 1. The number of anilines is 1. The molecule has 1 spiro atoms. The molecular formula is C37H27NO4. The maximum Gasteiger partial charge on any atom is 0.245 e. The summed E-state index contributed by atoms with van der Waals surface area (Å²) in [6.07, 6.45) is 0. The lowest BCUT2D eigenvalue weighted by molar-refractivity contribution is -0.131. The van der Waals surface area contributed by atoms with Crippen molar-refractivity contribution < 1.29 is 19.0 Å². The molecule has 0 aromatic heterocycles. The Bertz CT molecular complexity index is 1950. The van der Waals surface area contributed by atoms with Crippen molar-refractivity contribution in [2.24, 2.45) is 0 Å². The van der Waals surface area contributed by atoms with Crippen LogP contribution in [0.1, 0.15) is 22.7 Å². The van der Waals surface area contributed by atoms with E-state index in [1.54, 1.807) is 14.2 Å². The van der Waals surface area contributed by atoms with Gasteiger partial charge < -0.3 is 14.2 Å². The van der Waals surface area contributed by atoms with Crippen LogP contribution in [0, 0.1) is 0 Å². The quantitative estimate of drug-likeness (QED) is 0.164. The van der Waals surface area contributed by atoms with Crippen LogP contribution in [0.25, 0.3) is 21.5 Å². The Morgan fingerprint density at radius 1 is 0.667 bits per heavy atom. The van der Waals surface area contributed by atoms with E-state index in [1.807, 2.05) is 71.6 Å². The second kappa shape index (κ2) is 9.11. The summed E-state index contributed by atoms with van der Waals surface area (Å²) in [5, 5.41) is 4.45. The van der Waals surface area contributed by atoms with Crippen molar-refractivity contribution in [2.75, 3.05) is 19.1 Å². The summed E-state index contributed by atoms with van der Waals surface area (Å²) >= 11 is 0. The summed E-state index contributed by atoms with van der Waals surface area (Å²) in [5.41, 5.74) is 2.48. The highest BCUT2D eigenvalue weighted by molar-refractivity contribution is 6.17. The molecule has 2 aliphatic rings. The molecule has 1 atom stereocenters. The van der Waals surface area contributed by atoms with Crippen molar-refractivity contribution in [2.45, 2.75) is 11.5 Å². The molecule has 0 aliphatic carbocycles. The van der Waals surface area contributed by atoms with Crippen LogP contribution < -0.4 is 19.1 Å². The molecule has 6 aromatic carbocycles. The largest absolute Gasteiger partial charge is 0.497 e. The highest BCUT2D eigenvalue weighted by atomic mass is 16.5. The normalized spacial score (nSPS) is 16.5. The predicted molar refractivity (Wildman–Crippen MR) is 165 cm³/mol. The number of fused-ring (bicyclic) bond motifs is 6. The molecule has 5 heteroatoms. The monoisotopic (exact) mass is 549 g/mol. The number of amides is 1. The lowest BCUT2D eigenvalue weighted by Crippen LogP contribution is -2.67. The average Bonchev–Trinajstić information content (AvgIpc) is 3.05. The number of para-hydroxylation sites is 2. The summed E-state index contributed by atoms with van der Waals surface area (Å²) in [6, 6.07) is 40.2. The molecule has 2 aliphatic heterocycles. The van der Waals surface area contributed by atoms with Gasteiger partial charge in [0.2, 0.25) is 5.91 Å². The Kier molecular flexibility index (Phi) is 5.32. The van der Waals surface area contributed by atoms with Crippen LogP contribution in [0.4, 0.5) is 5.69 Å². The number of ether oxygens (including phenoxy) is 3. The molecule has 1 fully saturated rings. The summed E-state index contributed by atoms with van der Waals surface area (Å²) in [6.45, 7) is 0. The van der Waals surface area contributed by atoms with Gasteiger partial charge in [-0.25, -0.2) is 0 Å². The Hall–Kier alpha value is -5.29. The van der Waals surface area contributed by atoms with E-state index in [4.69, 9.17) is 14.2 Å². The third kappa shape index (κ3) is 3.16. The predicted octanol–water partition coefficient (Wildman–Crippen LogP) is 8.19. The van der Waals surface area contributed by atoms with Gasteiger partial charge in [-0.3, -0.25) is 9.69 Å². The van der Waals surface area contributed by atoms with Gasteiger partial charge in [0.25, 0.3) is 0 Å². The van der Waals surface area contributed by atoms with Crippen LogP contribution in [0.2, 0.25) is 0 Å². The molecule has 0 N–H and O–H groups in total. The van der Waals surface area contributed by atoms with Gasteiger partial charge in [0.1, 0.15) is 28.4 Å². The lowest BCUT2D eigenvalue weighted by Gasteiger charge is -2.58.